The Hall–Kier alpha value is -0.530. The number of rotatable bonds is 10. The predicted octanol–water partition coefficient (Wildman–Crippen LogP) is 5.70. The highest BCUT2D eigenvalue weighted by atomic mass is 16.1. The van der Waals surface area contributed by atoms with Crippen LogP contribution in [0.25, 0.3) is 0 Å². The quantitative estimate of drug-likeness (QED) is 0.550. The first kappa shape index (κ1) is 20.5. The monoisotopic (exact) mass is 297 g/mol. The van der Waals surface area contributed by atoms with Crippen molar-refractivity contribution in [2.24, 2.45) is 10.8 Å². The summed E-state index contributed by atoms with van der Waals surface area (Å²) in [6.45, 7) is 17.9. The summed E-state index contributed by atoms with van der Waals surface area (Å²) in [7, 11) is 0. The van der Waals surface area contributed by atoms with Crippen LogP contribution >= 0.6 is 0 Å². The lowest BCUT2D eigenvalue weighted by molar-refractivity contribution is -0.128. The molecule has 0 heterocycles. The van der Waals surface area contributed by atoms with Gasteiger partial charge in [0.05, 0.1) is 0 Å². The van der Waals surface area contributed by atoms with E-state index in [4.69, 9.17) is 0 Å². The summed E-state index contributed by atoms with van der Waals surface area (Å²) in [5, 5.41) is 3.29. The summed E-state index contributed by atoms with van der Waals surface area (Å²) in [5.74, 6) is 0.227. The standard InChI is InChI=1S/C19H39NO/c1-9-14-18(7,17(6,10-2)11-3)15-16(21)20-19(8,12-4)13-5/h9-15H2,1-8H3,(H,20,21). The summed E-state index contributed by atoms with van der Waals surface area (Å²) >= 11 is 0. The molecule has 1 amide bonds. The molecule has 0 aliphatic heterocycles. The van der Waals surface area contributed by atoms with Crippen LogP contribution in [0.5, 0.6) is 0 Å². The largest absolute Gasteiger partial charge is 0.351 e. The zero-order chi connectivity index (χ0) is 16.7. The van der Waals surface area contributed by atoms with E-state index in [1.165, 1.54) is 0 Å². The second-order valence-corrected chi connectivity index (χ2v) is 7.57. The van der Waals surface area contributed by atoms with Gasteiger partial charge in [-0.25, -0.2) is 0 Å². The lowest BCUT2D eigenvalue weighted by Gasteiger charge is -2.46. The van der Waals surface area contributed by atoms with Gasteiger partial charge in [0.2, 0.25) is 5.91 Å². The van der Waals surface area contributed by atoms with E-state index in [9.17, 15) is 4.79 Å². The molecule has 0 aliphatic carbocycles. The summed E-state index contributed by atoms with van der Waals surface area (Å²) in [6, 6.07) is 0. The van der Waals surface area contributed by atoms with Crippen molar-refractivity contribution in [2.45, 2.75) is 106 Å². The van der Waals surface area contributed by atoms with Gasteiger partial charge in [0.25, 0.3) is 0 Å². The van der Waals surface area contributed by atoms with Gasteiger partial charge in [-0.15, -0.1) is 0 Å². The molecule has 0 saturated heterocycles. The van der Waals surface area contributed by atoms with Crippen LogP contribution in [0, 0.1) is 10.8 Å². The van der Waals surface area contributed by atoms with E-state index < -0.39 is 0 Å². The van der Waals surface area contributed by atoms with Gasteiger partial charge in [0.15, 0.2) is 0 Å². The Morgan fingerprint density at radius 1 is 0.810 bits per heavy atom. The number of nitrogens with one attached hydrogen (secondary N) is 1. The maximum Gasteiger partial charge on any atom is 0.220 e. The maximum absolute atomic E-state index is 12.6. The Kier molecular flexibility index (Phi) is 7.99. The van der Waals surface area contributed by atoms with Gasteiger partial charge in [0, 0.05) is 12.0 Å². The fourth-order valence-electron chi connectivity index (χ4n) is 3.42. The molecule has 2 nitrogen and oxygen atoms in total. The van der Waals surface area contributed by atoms with E-state index in [1.54, 1.807) is 0 Å². The van der Waals surface area contributed by atoms with Crippen LogP contribution in [-0.2, 0) is 4.79 Å². The second kappa shape index (κ2) is 8.19. The minimum absolute atomic E-state index is 0.0565. The molecule has 0 spiro atoms. The van der Waals surface area contributed by atoms with Crippen molar-refractivity contribution in [3.8, 4) is 0 Å². The van der Waals surface area contributed by atoms with Crippen LogP contribution < -0.4 is 5.32 Å². The molecule has 126 valence electrons. The molecule has 0 bridgehead atoms. The first-order valence-corrected chi connectivity index (χ1v) is 8.96. The summed E-state index contributed by atoms with van der Waals surface area (Å²) in [4.78, 5) is 12.6. The van der Waals surface area contributed by atoms with Crippen molar-refractivity contribution < 1.29 is 4.79 Å². The number of hydrogen-bond donors (Lipinski definition) is 1. The van der Waals surface area contributed by atoms with E-state index >= 15 is 0 Å². The Balaban J connectivity index is 5.13. The van der Waals surface area contributed by atoms with E-state index in [0.29, 0.717) is 6.42 Å². The number of carbonyl (C=O) groups excluding carboxylic acids is 1. The SMILES string of the molecule is CCCC(C)(CC(=O)NC(C)(CC)CC)C(C)(CC)CC. The van der Waals surface area contributed by atoms with Crippen LogP contribution in [0.4, 0.5) is 0 Å². The molecular formula is C19H39NO. The van der Waals surface area contributed by atoms with E-state index in [1.807, 2.05) is 0 Å². The van der Waals surface area contributed by atoms with E-state index in [2.05, 4.69) is 60.7 Å². The molecule has 1 N–H and O–H groups in total. The molecule has 0 aromatic carbocycles. The number of amides is 1. The zero-order valence-electron chi connectivity index (χ0n) is 15.9. The molecular weight excluding hydrogens is 258 g/mol. The minimum atomic E-state index is -0.0565. The fourth-order valence-corrected chi connectivity index (χ4v) is 3.42. The predicted molar refractivity (Wildman–Crippen MR) is 93.5 cm³/mol. The van der Waals surface area contributed by atoms with Crippen LogP contribution in [0.2, 0.25) is 0 Å². The smallest absolute Gasteiger partial charge is 0.220 e. The van der Waals surface area contributed by atoms with Gasteiger partial charge in [-0.2, -0.15) is 0 Å². The third-order valence-electron chi connectivity index (χ3n) is 6.37. The van der Waals surface area contributed by atoms with Crippen LogP contribution in [0.15, 0.2) is 0 Å². The summed E-state index contributed by atoms with van der Waals surface area (Å²) in [5.41, 5.74) is 0.256. The van der Waals surface area contributed by atoms with Gasteiger partial charge in [-0.05, 0) is 37.0 Å². The van der Waals surface area contributed by atoms with E-state index in [0.717, 1.165) is 38.5 Å². The molecule has 0 fully saturated rings. The van der Waals surface area contributed by atoms with Crippen LogP contribution in [0.1, 0.15) is 100 Å². The van der Waals surface area contributed by atoms with Crippen LogP contribution in [0.3, 0.4) is 0 Å². The Bertz CT molecular complexity index is 316. The van der Waals surface area contributed by atoms with Gasteiger partial charge in [-0.1, -0.05) is 67.7 Å². The molecule has 0 saturated carbocycles. The highest BCUT2D eigenvalue weighted by Crippen LogP contribution is 2.50. The number of hydrogen-bond acceptors (Lipinski definition) is 1. The minimum Gasteiger partial charge on any atom is -0.351 e. The Labute approximate surface area is 133 Å². The molecule has 2 heteroatoms. The third-order valence-corrected chi connectivity index (χ3v) is 6.37. The second-order valence-electron chi connectivity index (χ2n) is 7.57. The fraction of sp³-hybridized carbons (Fsp3) is 0.947. The van der Waals surface area contributed by atoms with Crippen LogP contribution in [-0.4, -0.2) is 11.4 Å². The first-order valence-electron chi connectivity index (χ1n) is 8.96. The maximum atomic E-state index is 12.6. The highest BCUT2D eigenvalue weighted by molar-refractivity contribution is 5.77. The van der Waals surface area contributed by atoms with Crippen molar-refractivity contribution in [3.05, 3.63) is 0 Å². The summed E-state index contributed by atoms with van der Waals surface area (Å²) in [6.07, 6.45) is 7.13. The van der Waals surface area contributed by atoms with Crippen molar-refractivity contribution in [1.29, 1.82) is 0 Å². The molecule has 0 radical (unpaired) electrons. The molecule has 0 aromatic rings. The third kappa shape index (κ3) is 5.00. The zero-order valence-corrected chi connectivity index (χ0v) is 15.9. The average molecular weight is 298 g/mol. The number of carbonyl (C=O) groups is 1. The van der Waals surface area contributed by atoms with Crippen molar-refractivity contribution >= 4 is 5.91 Å². The molecule has 0 rings (SSSR count). The topological polar surface area (TPSA) is 29.1 Å². The molecule has 1 atom stereocenters. The van der Waals surface area contributed by atoms with Gasteiger partial charge in [0.1, 0.15) is 0 Å². The summed E-state index contributed by atoms with van der Waals surface area (Å²) < 4.78 is 0. The van der Waals surface area contributed by atoms with E-state index in [-0.39, 0.29) is 22.3 Å². The van der Waals surface area contributed by atoms with Crippen molar-refractivity contribution in [1.82, 2.24) is 5.32 Å². The lowest BCUT2D eigenvalue weighted by atomic mass is 9.59. The van der Waals surface area contributed by atoms with Gasteiger partial charge in [-0.3, -0.25) is 4.79 Å². The van der Waals surface area contributed by atoms with Gasteiger partial charge < -0.3 is 5.32 Å². The normalized spacial score (nSPS) is 15.6. The molecule has 1 unspecified atom stereocenters. The first-order chi connectivity index (χ1) is 9.65. The Morgan fingerprint density at radius 2 is 1.29 bits per heavy atom. The molecule has 0 aromatic heterocycles. The Morgan fingerprint density at radius 3 is 1.62 bits per heavy atom. The van der Waals surface area contributed by atoms with Gasteiger partial charge >= 0.3 is 0 Å². The average Bonchev–Trinajstić information content (AvgIpc) is 2.45. The lowest BCUT2D eigenvalue weighted by Crippen LogP contribution is -2.48. The van der Waals surface area contributed by atoms with Crippen molar-refractivity contribution in [2.75, 3.05) is 0 Å². The molecule has 21 heavy (non-hydrogen) atoms. The highest BCUT2D eigenvalue weighted by Gasteiger charge is 2.43. The van der Waals surface area contributed by atoms with Crippen molar-refractivity contribution in [3.63, 3.8) is 0 Å². The molecule has 0 aliphatic rings.